The van der Waals surface area contributed by atoms with E-state index < -0.39 is 0 Å². The zero-order valence-electron chi connectivity index (χ0n) is 8.96. The van der Waals surface area contributed by atoms with Gasteiger partial charge in [-0.15, -0.1) is 11.3 Å². The minimum atomic E-state index is 0.0193. The maximum Gasteiger partial charge on any atom is 0.108 e. The van der Waals surface area contributed by atoms with Crippen molar-refractivity contribution in [1.82, 2.24) is 4.90 Å². The summed E-state index contributed by atoms with van der Waals surface area (Å²) in [6.07, 6.45) is 0.852. The van der Waals surface area contributed by atoms with Gasteiger partial charge in [0, 0.05) is 11.4 Å². The summed E-state index contributed by atoms with van der Waals surface area (Å²) in [6, 6.07) is 3.92. The molecule has 0 radical (unpaired) electrons. The van der Waals surface area contributed by atoms with Gasteiger partial charge in [-0.3, -0.25) is 10.3 Å². The van der Waals surface area contributed by atoms with Crippen molar-refractivity contribution in [2.75, 3.05) is 7.05 Å². The highest BCUT2D eigenvalue weighted by atomic mass is 35.5. The summed E-state index contributed by atoms with van der Waals surface area (Å²) in [6.45, 7) is 2.82. The van der Waals surface area contributed by atoms with Crippen LogP contribution in [0, 0.1) is 5.41 Å². The summed E-state index contributed by atoms with van der Waals surface area (Å²) in [7, 11) is 1.98. The normalized spacial score (nSPS) is 13.1. The molecule has 84 valence electrons. The maximum absolute atomic E-state index is 7.47. The fraction of sp³-hybridized carbons (Fsp3) is 0.500. The molecule has 0 aliphatic rings. The molecule has 0 fully saturated rings. The molecule has 1 heterocycles. The molecule has 15 heavy (non-hydrogen) atoms. The Morgan fingerprint density at radius 2 is 2.33 bits per heavy atom. The number of nitrogens with one attached hydrogen (secondary N) is 1. The van der Waals surface area contributed by atoms with Crippen molar-refractivity contribution < 1.29 is 0 Å². The predicted octanol–water partition coefficient (Wildman–Crippen LogP) is 2.55. The second kappa shape index (κ2) is 5.49. The number of nitrogens with zero attached hydrogens (tertiary/aromatic N) is 1. The summed E-state index contributed by atoms with van der Waals surface area (Å²) in [5.41, 5.74) is 5.53. The third-order valence-corrected chi connectivity index (χ3v) is 3.53. The second-order valence-electron chi connectivity index (χ2n) is 3.50. The highest BCUT2D eigenvalue weighted by molar-refractivity contribution is 7.16. The second-order valence-corrected chi connectivity index (χ2v) is 5.30. The number of nitrogens with two attached hydrogens (primary N) is 1. The molecule has 0 bridgehead atoms. The minimum Gasteiger partial charge on any atom is -0.386 e. The molecular weight excluding hydrogens is 230 g/mol. The first kappa shape index (κ1) is 12.5. The molecule has 1 atom stereocenters. The van der Waals surface area contributed by atoms with E-state index in [9.17, 15) is 0 Å². The van der Waals surface area contributed by atoms with E-state index in [0.717, 1.165) is 17.3 Å². The van der Waals surface area contributed by atoms with Crippen molar-refractivity contribution in [1.29, 1.82) is 5.41 Å². The van der Waals surface area contributed by atoms with Gasteiger partial charge >= 0.3 is 0 Å². The molecule has 5 heteroatoms. The van der Waals surface area contributed by atoms with Crippen LogP contribution >= 0.6 is 22.9 Å². The van der Waals surface area contributed by atoms with Gasteiger partial charge in [0.15, 0.2) is 0 Å². The quantitative estimate of drug-likeness (QED) is 0.619. The standard InChI is InChI=1S/C10H16ClN3S/c1-3-8(10(12)13)14(2)6-7-4-5-9(11)15-7/h4-5,8H,3,6H2,1-2H3,(H3,12,13). The minimum absolute atomic E-state index is 0.0193. The number of amidine groups is 1. The molecule has 1 aromatic rings. The number of hydrogen-bond donors (Lipinski definition) is 2. The molecule has 0 saturated heterocycles. The van der Waals surface area contributed by atoms with Gasteiger partial charge in [-0.05, 0) is 25.6 Å². The van der Waals surface area contributed by atoms with E-state index in [2.05, 4.69) is 4.90 Å². The fourth-order valence-electron chi connectivity index (χ4n) is 1.56. The molecule has 3 N–H and O–H groups in total. The Hall–Kier alpha value is -0.580. The smallest absolute Gasteiger partial charge is 0.108 e. The first-order chi connectivity index (χ1) is 7.04. The van der Waals surface area contributed by atoms with Crippen LogP contribution in [0.3, 0.4) is 0 Å². The summed E-state index contributed by atoms with van der Waals surface area (Å²) in [4.78, 5) is 3.27. The Kier molecular flexibility index (Phi) is 4.57. The molecule has 1 aromatic heterocycles. The van der Waals surface area contributed by atoms with Crippen molar-refractivity contribution in [2.45, 2.75) is 25.9 Å². The summed E-state index contributed by atoms with van der Waals surface area (Å²) in [5, 5.41) is 7.47. The van der Waals surface area contributed by atoms with E-state index in [1.54, 1.807) is 11.3 Å². The number of rotatable bonds is 5. The van der Waals surface area contributed by atoms with Gasteiger partial charge in [-0.25, -0.2) is 0 Å². The molecule has 1 rings (SSSR count). The Balaban J connectivity index is 2.61. The van der Waals surface area contributed by atoms with Crippen LogP contribution in [0.25, 0.3) is 0 Å². The SMILES string of the molecule is CCC(C(=N)N)N(C)Cc1ccc(Cl)s1. The lowest BCUT2D eigenvalue weighted by molar-refractivity contribution is 0.283. The van der Waals surface area contributed by atoms with Crippen molar-refractivity contribution >= 4 is 28.8 Å². The monoisotopic (exact) mass is 245 g/mol. The van der Waals surface area contributed by atoms with Crippen molar-refractivity contribution in [3.8, 4) is 0 Å². The lowest BCUT2D eigenvalue weighted by Gasteiger charge is -2.25. The fourth-order valence-corrected chi connectivity index (χ4v) is 2.71. The lowest BCUT2D eigenvalue weighted by atomic mass is 10.2. The van der Waals surface area contributed by atoms with Crippen LogP contribution in [0.5, 0.6) is 0 Å². The number of likely N-dealkylation sites (N-methyl/N-ethyl adjacent to an activating group) is 1. The van der Waals surface area contributed by atoms with E-state index in [4.69, 9.17) is 22.7 Å². The molecule has 0 aliphatic carbocycles. The van der Waals surface area contributed by atoms with Gasteiger partial charge < -0.3 is 5.73 Å². The van der Waals surface area contributed by atoms with Crippen LogP contribution in [0.1, 0.15) is 18.2 Å². The van der Waals surface area contributed by atoms with E-state index in [1.165, 1.54) is 4.88 Å². The molecule has 0 amide bonds. The summed E-state index contributed by atoms with van der Waals surface area (Å²) < 4.78 is 0.800. The number of halogens is 1. The van der Waals surface area contributed by atoms with Crippen LogP contribution in [0.4, 0.5) is 0 Å². The first-order valence-electron chi connectivity index (χ1n) is 4.83. The Bertz CT molecular complexity index is 337. The van der Waals surface area contributed by atoms with E-state index >= 15 is 0 Å². The van der Waals surface area contributed by atoms with Gasteiger partial charge in [0.2, 0.25) is 0 Å². The molecule has 0 spiro atoms. The molecule has 0 aliphatic heterocycles. The largest absolute Gasteiger partial charge is 0.386 e. The van der Waals surface area contributed by atoms with Crippen molar-refractivity contribution in [2.24, 2.45) is 5.73 Å². The average molecular weight is 246 g/mol. The van der Waals surface area contributed by atoms with Gasteiger partial charge in [0.05, 0.1) is 10.4 Å². The van der Waals surface area contributed by atoms with E-state index in [0.29, 0.717) is 0 Å². The number of thiophene rings is 1. The highest BCUT2D eigenvalue weighted by Crippen LogP contribution is 2.23. The topological polar surface area (TPSA) is 53.1 Å². The first-order valence-corrected chi connectivity index (χ1v) is 6.02. The Morgan fingerprint density at radius 1 is 1.67 bits per heavy atom. The lowest BCUT2D eigenvalue weighted by Crippen LogP contribution is -2.41. The van der Waals surface area contributed by atoms with Crippen molar-refractivity contribution in [3.05, 3.63) is 21.3 Å². The van der Waals surface area contributed by atoms with E-state index in [1.807, 2.05) is 26.1 Å². The van der Waals surface area contributed by atoms with Crippen LogP contribution in [0.15, 0.2) is 12.1 Å². The third-order valence-electron chi connectivity index (χ3n) is 2.31. The van der Waals surface area contributed by atoms with Crippen LogP contribution in [0.2, 0.25) is 4.34 Å². The van der Waals surface area contributed by atoms with Gasteiger partial charge in [0.25, 0.3) is 0 Å². The van der Waals surface area contributed by atoms with Crippen LogP contribution < -0.4 is 5.73 Å². The van der Waals surface area contributed by atoms with Gasteiger partial charge in [-0.2, -0.15) is 0 Å². The van der Waals surface area contributed by atoms with Crippen molar-refractivity contribution in [3.63, 3.8) is 0 Å². The van der Waals surface area contributed by atoms with Gasteiger partial charge in [-0.1, -0.05) is 18.5 Å². The maximum atomic E-state index is 7.47. The molecule has 3 nitrogen and oxygen atoms in total. The molecule has 1 unspecified atom stereocenters. The Labute approximate surface area is 99.3 Å². The molecule has 0 saturated carbocycles. The third kappa shape index (κ3) is 3.48. The number of hydrogen-bond acceptors (Lipinski definition) is 3. The molecule has 0 aromatic carbocycles. The molecular formula is C10H16ClN3S. The zero-order chi connectivity index (χ0) is 11.4. The van der Waals surface area contributed by atoms with Crippen LogP contribution in [-0.2, 0) is 6.54 Å². The van der Waals surface area contributed by atoms with E-state index in [-0.39, 0.29) is 11.9 Å². The van der Waals surface area contributed by atoms with Crippen LogP contribution in [-0.4, -0.2) is 23.8 Å². The predicted molar refractivity (Wildman–Crippen MR) is 66.8 cm³/mol. The summed E-state index contributed by atoms with van der Waals surface area (Å²) in [5.74, 6) is 0.225. The average Bonchev–Trinajstić information content (AvgIpc) is 2.51. The Morgan fingerprint density at radius 3 is 2.73 bits per heavy atom. The summed E-state index contributed by atoms with van der Waals surface area (Å²) >= 11 is 7.42. The zero-order valence-corrected chi connectivity index (χ0v) is 10.5. The van der Waals surface area contributed by atoms with Gasteiger partial charge in [0.1, 0.15) is 5.84 Å². The highest BCUT2D eigenvalue weighted by Gasteiger charge is 2.16.